The largest absolute Gasteiger partial charge is 0.486 e. The molecule has 0 fully saturated rings. The normalized spacial score (nSPS) is 17.7. The van der Waals surface area contributed by atoms with E-state index in [2.05, 4.69) is 22.2 Å². The zero-order valence-electron chi connectivity index (χ0n) is 15.8. The Morgan fingerprint density at radius 2 is 1.72 bits per heavy atom. The number of carbonyl (C=O) groups is 1. The lowest BCUT2D eigenvalue weighted by atomic mass is 10.1. The van der Waals surface area contributed by atoms with E-state index in [1.807, 2.05) is 0 Å². The summed E-state index contributed by atoms with van der Waals surface area (Å²) >= 11 is 0. The number of allylic oxidation sites excluding steroid dienone is 2. The molecule has 2 aliphatic rings. The number of hydrogen-bond donors (Lipinski definition) is 2. The van der Waals surface area contributed by atoms with Gasteiger partial charge in [-0.15, -0.1) is 0 Å². The molecule has 0 unspecified atom stereocenters. The van der Waals surface area contributed by atoms with Crippen LogP contribution in [0.3, 0.4) is 0 Å². The first-order valence-electron chi connectivity index (χ1n) is 9.49. The second kappa shape index (κ2) is 8.16. The molecule has 0 radical (unpaired) electrons. The third-order valence-corrected chi connectivity index (χ3v) is 6.18. The fourth-order valence-corrected chi connectivity index (χ4v) is 4.42. The van der Waals surface area contributed by atoms with Gasteiger partial charge in [0.25, 0.3) is 10.0 Å². The molecule has 29 heavy (non-hydrogen) atoms. The van der Waals surface area contributed by atoms with E-state index < -0.39 is 10.0 Å². The van der Waals surface area contributed by atoms with Gasteiger partial charge in [-0.25, -0.2) is 8.42 Å². The summed E-state index contributed by atoms with van der Waals surface area (Å²) in [7, 11) is -3.78. The van der Waals surface area contributed by atoms with Gasteiger partial charge >= 0.3 is 0 Å². The molecule has 2 aromatic carbocycles. The molecular weight excluding hydrogens is 392 g/mol. The molecule has 2 N–H and O–H groups in total. The van der Waals surface area contributed by atoms with Gasteiger partial charge in [-0.05, 0) is 55.2 Å². The molecule has 1 aliphatic heterocycles. The van der Waals surface area contributed by atoms with Gasteiger partial charge in [0, 0.05) is 23.9 Å². The van der Waals surface area contributed by atoms with Crippen molar-refractivity contribution < 1.29 is 22.7 Å². The average Bonchev–Trinajstić information content (AvgIpc) is 3.22. The maximum Gasteiger partial charge on any atom is 0.262 e. The molecule has 1 atom stereocenters. The van der Waals surface area contributed by atoms with E-state index in [-0.39, 0.29) is 10.8 Å². The highest BCUT2D eigenvalue weighted by molar-refractivity contribution is 7.92. The molecule has 0 saturated carbocycles. The number of benzene rings is 2. The van der Waals surface area contributed by atoms with Crippen LogP contribution in [0.2, 0.25) is 0 Å². The fraction of sp³-hybridized carbons (Fsp3) is 0.286. The van der Waals surface area contributed by atoms with E-state index in [0.717, 1.165) is 12.8 Å². The van der Waals surface area contributed by atoms with E-state index in [1.54, 1.807) is 30.3 Å². The standard InChI is InChI=1S/C21H22N2O5S/c24-21(13-15-3-1-2-4-15)22-16-5-7-17(8-6-16)23-29(25,26)18-9-10-19-20(14-18)28-12-11-27-19/h1,3,5-10,14-15,23H,2,4,11-13H2,(H,22,24)/t15-/m1/s1. The van der Waals surface area contributed by atoms with Gasteiger partial charge in [0.2, 0.25) is 5.91 Å². The van der Waals surface area contributed by atoms with Crippen molar-refractivity contribution in [1.82, 2.24) is 0 Å². The number of anilines is 2. The third kappa shape index (κ3) is 4.71. The summed E-state index contributed by atoms with van der Waals surface area (Å²) in [6.07, 6.45) is 6.66. The van der Waals surface area contributed by atoms with E-state index in [1.165, 1.54) is 12.1 Å². The van der Waals surface area contributed by atoms with Crippen LogP contribution in [0, 0.1) is 5.92 Å². The van der Waals surface area contributed by atoms with Crippen molar-refractivity contribution in [2.45, 2.75) is 24.2 Å². The third-order valence-electron chi connectivity index (χ3n) is 4.80. The zero-order chi connectivity index (χ0) is 20.3. The number of ether oxygens (including phenoxy) is 2. The average molecular weight is 414 g/mol. The van der Waals surface area contributed by atoms with E-state index in [9.17, 15) is 13.2 Å². The van der Waals surface area contributed by atoms with Gasteiger partial charge in [-0.1, -0.05) is 12.2 Å². The Hall–Kier alpha value is -3.00. The van der Waals surface area contributed by atoms with Crippen molar-refractivity contribution in [3.8, 4) is 11.5 Å². The Bertz CT molecular complexity index is 1030. The minimum Gasteiger partial charge on any atom is -0.486 e. The maximum absolute atomic E-state index is 12.7. The van der Waals surface area contributed by atoms with Gasteiger partial charge in [0.15, 0.2) is 11.5 Å². The smallest absolute Gasteiger partial charge is 0.262 e. The monoisotopic (exact) mass is 414 g/mol. The van der Waals surface area contributed by atoms with E-state index in [4.69, 9.17) is 9.47 Å². The first kappa shape index (κ1) is 19.3. The van der Waals surface area contributed by atoms with Crippen molar-refractivity contribution >= 4 is 27.3 Å². The Labute approximate surface area is 169 Å². The molecule has 152 valence electrons. The van der Waals surface area contributed by atoms with Crippen LogP contribution >= 0.6 is 0 Å². The molecular formula is C21H22N2O5S. The van der Waals surface area contributed by atoms with Gasteiger partial charge in [-0.3, -0.25) is 9.52 Å². The number of hydrogen-bond acceptors (Lipinski definition) is 5. The van der Waals surface area contributed by atoms with Crippen molar-refractivity contribution in [2.75, 3.05) is 23.3 Å². The first-order chi connectivity index (χ1) is 14.0. The Morgan fingerprint density at radius 3 is 2.45 bits per heavy atom. The Morgan fingerprint density at radius 1 is 1.00 bits per heavy atom. The first-order valence-corrected chi connectivity index (χ1v) is 11.0. The molecule has 2 aromatic rings. The Kier molecular flexibility index (Phi) is 5.44. The fourth-order valence-electron chi connectivity index (χ4n) is 3.34. The minimum atomic E-state index is -3.78. The van der Waals surface area contributed by atoms with Crippen LogP contribution in [0.5, 0.6) is 11.5 Å². The second-order valence-corrected chi connectivity index (χ2v) is 8.69. The van der Waals surface area contributed by atoms with Crippen molar-refractivity contribution in [3.05, 3.63) is 54.6 Å². The van der Waals surface area contributed by atoms with E-state index in [0.29, 0.717) is 48.4 Å². The summed E-state index contributed by atoms with van der Waals surface area (Å²) in [5.74, 6) is 1.19. The number of sulfonamides is 1. The predicted octanol–water partition coefficient (Wildman–Crippen LogP) is 3.55. The van der Waals surface area contributed by atoms with Crippen molar-refractivity contribution in [1.29, 1.82) is 0 Å². The summed E-state index contributed by atoms with van der Waals surface area (Å²) in [6, 6.07) is 11.1. The predicted molar refractivity (Wildman–Crippen MR) is 110 cm³/mol. The number of rotatable bonds is 6. The lowest BCUT2D eigenvalue weighted by Gasteiger charge is -2.19. The van der Waals surface area contributed by atoms with Crippen LogP contribution < -0.4 is 19.5 Å². The minimum absolute atomic E-state index is 0.0499. The molecule has 1 aliphatic carbocycles. The van der Waals surface area contributed by atoms with Gasteiger partial charge < -0.3 is 14.8 Å². The summed E-state index contributed by atoms with van der Waals surface area (Å²) in [5, 5.41) is 2.84. The summed E-state index contributed by atoms with van der Waals surface area (Å²) in [6.45, 7) is 0.825. The molecule has 0 saturated heterocycles. The molecule has 1 heterocycles. The second-order valence-electron chi connectivity index (χ2n) is 7.01. The highest BCUT2D eigenvalue weighted by atomic mass is 32.2. The quantitative estimate of drug-likeness (QED) is 0.705. The van der Waals surface area contributed by atoms with Gasteiger partial charge in [0.1, 0.15) is 13.2 Å². The maximum atomic E-state index is 12.7. The summed E-state index contributed by atoms with van der Waals surface area (Å²) < 4.78 is 38.7. The highest BCUT2D eigenvalue weighted by Gasteiger charge is 2.20. The molecule has 0 aromatic heterocycles. The number of nitrogens with one attached hydrogen (secondary N) is 2. The van der Waals surface area contributed by atoms with Crippen LogP contribution in [0.1, 0.15) is 19.3 Å². The Balaban J connectivity index is 1.40. The van der Waals surface area contributed by atoms with Crippen LogP contribution in [-0.2, 0) is 14.8 Å². The van der Waals surface area contributed by atoms with Crippen LogP contribution in [0.15, 0.2) is 59.5 Å². The molecule has 7 nitrogen and oxygen atoms in total. The lowest BCUT2D eigenvalue weighted by molar-refractivity contribution is -0.116. The summed E-state index contributed by atoms with van der Waals surface area (Å²) in [5.41, 5.74) is 1.02. The number of carbonyl (C=O) groups excluding carboxylic acids is 1. The van der Waals surface area contributed by atoms with Crippen molar-refractivity contribution in [3.63, 3.8) is 0 Å². The topological polar surface area (TPSA) is 93.7 Å². The highest BCUT2D eigenvalue weighted by Crippen LogP contribution is 2.32. The summed E-state index contributed by atoms with van der Waals surface area (Å²) in [4.78, 5) is 12.2. The van der Waals surface area contributed by atoms with Crippen LogP contribution in [0.4, 0.5) is 11.4 Å². The molecule has 8 heteroatoms. The SMILES string of the molecule is O=C(C[C@@H]1C=CCC1)Nc1ccc(NS(=O)(=O)c2ccc3c(c2)OCCO3)cc1. The van der Waals surface area contributed by atoms with E-state index >= 15 is 0 Å². The zero-order valence-corrected chi connectivity index (χ0v) is 16.6. The molecule has 4 rings (SSSR count). The van der Waals surface area contributed by atoms with Crippen LogP contribution in [-0.4, -0.2) is 27.5 Å². The lowest BCUT2D eigenvalue weighted by Crippen LogP contribution is -2.17. The van der Waals surface area contributed by atoms with Gasteiger partial charge in [0.05, 0.1) is 4.90 Å². The number of fused-ring (bicyclic) bond motifs is 1. The molecule has 0 bridgehead atoms. The molecule has 1 amide bonds. The van der Waals surface area contributed by atoms with Crippen molar-refractivity contribution in [2.24, 2.45) is 5.92 Å². The molecule has 0 spiro atoms. The van der Waals surface area contributed by atoms with Crippen LogP contribution in [0.25, 0.3) is 0 Å². The van der Waals surface area contributed by atoms with Gasteiger partial charge in [-0.2, -0.15) is 0 Å². The number of amides is 1.